The number of hydrogen-bond acceptors (Lipinski definition) is 9. The van der Waals surface area contributed by atoms with Crippen LogP contribution in [0.3, 0.4) is 0 Å². The van der Waals surface area contributed by atoms with Crippen LogP contribution in [0, 0.1) is 17.2 Å². The molecule has 3 aromatic rings. The zero-order chi connectivity index (χ0) is 41.0. The second kappa shape index (κ2) is 17.7. The largest absolute Gasteiger partial charge is 0.496 e. The van der Waals surface area contributed by atoms with Gasteiger partial charge in [0.15, 0.2) is 0 Å². The van der Waals surface area contributed by atoms with E-state index in [1.165, 1.54) is 11.6 Å². The number of alkyl halides is 3. The van der Waals surface area contributed by atoms with Crippen LogP contribution in [0.5, 0.6) is 11.5 Å². The fraction of sp³-hybridized carbons (Fsp3) is 0.500. The molecule has 1 saturated carbocycles. The molecular weight excluding hydrogens is 750 g/mol. The SMILES string of the molecule is COc1cc(N2CCN(CCC3CC(Oc4ccc(C5CCN(c6ccc(C#N)c(C(F)(F)F)c6)CC5)cc4)C3)CC2)cc2c1C(=O)N(C(C)CCC(=O)NC=O)C2. The first-order chi connectivity index (χ1) is 27.9. The second-order valence-corrected chi connectivity index (χ2v) is 16.1. The van der Waals surface area contributed by atoms with Gasteiger partial charge in [-0.1, -0.05) is 12.1 Å². The predicted molar refractivity (Wildman–Crippen MR) is 213 cm³/mol. The zero-order valence-corrected chi connectivity index (χ0v) is 33.1. The number of halogens is 3. The fourth-order valence-electron chi connectivity index (χ4n) is 8.90. The van der Waals surface area contributed by atoms with Crippen LogP contribution in [-0.2, 0) is 22.3 Å². The molecule has 11 nitrogen and oxygen atoms in total. The number of nitriles is 1. The monoisotopic (exact) mass is 800 g/mol. The number of amides is 3. The Morgan fingerprint density at radius 3 is 2.34 bits per heavy atom. The van der Waals surface area contributed by atoms with E-state index >= 15 is 0 Å². The minimum atomic E-state index is -4.57. The number of piperazine rings is 1. The first-order valence-electron chi connectivity index (χ1n) is 20.3. The Kier molecular flexibility index (Phi) is 12.5. The standard InChI is InChI=1S/C44H51F3N6O5/c1-29(3-10-41(55)49-28-54)53-27-34-23-36(25-40(57-2)42(34)43(53)56)52-19-17-50(18-20-52)14-11-30-21-38(22-30)58-37-8-5-31(6-9-37)32-12-15-51(16-13-32)35-7-4-33(26-48)39(24-35)44(45,46)47/h4-9,23-25,28-30,32,38H,3,10-22,27H2,1-2H3,(H,49,54,55). The van der Waals surface area contributed by atoms with Crippen LogP contribution in [0.15, 0.2) is 54.6 Å². The number of piperidine rings is 1. The van der Waals surface area contributed by atoms with Gasteiger partial charge < -0.3 is 24.2 Å². The number of nitrogens with zero attached hydrogens (tertiary/aromatic N) is 5. The van der Waals surface area contributed by atoms with E-state index in [4.69, 9.17) is 14.7 Å². The molecule has 1 atom stereocenters. The maximum absolute atomic E-state index is 13.5. The molecule has 3 heterocycles. The fourth-order valence-corrected chi connectivity index (χ4v) is 8.90. The van der Waals surface area contributed by atoms with E-state index in [1.807, 2.05) is 30.0 Å². The summed E-state index contributed by atoms with van der Waals surface area (Å²) >= 11 is 0. The molecule has 0 radical (unpaired) electrons. The smallest absolute Gasteiger partial charge is 0.417 e. The minimum Gasteiger partial charge on any atom is -0.496 e. The van der Waals surface area contributed by atoms with Crippen molar-refractivity contribution >= 4 is 29.6 Å². The average Bonchev–Trinajstić information content (AvgIpc) is 3.56. The summed E-state index contributed by atoms with van der Waals surface area (Å²) in [6.45, 7) is 8.39. The molecule has 7 rings (SSSR count). The lowest BCUT2D eigenvalue weighted by molar-refractivity contribution is -0.137. The topological polar surface area (TPSA) is 118 Å². The number of carbonyl (C=O) groups is 3. The van der Waals surface area contributed by atoms with Gasteiger partial charge in [0.05, 0.1) is 36.0 Å². The molecule has 3 aliphatic heterocycles. The Morgan fingerprint density at radius 2 is 1.69 bits per heavy atom. The lowest BCUT2D eigenvalue weighted by Gasteiger charge is -2.39. The van der Waals surface area contributed by atoms with Gasteiger partial charge >= 0.3 is 6.18 Å². The number of ether oxygens (including phenoxy) is 2. The van der Waals surface area contributed by atoms with Gasteiger partial charge in [-0.05, 0) is 111 Å². The molecule has 3 amide bonds. The Hall–Kier alpha value is -5.29. The number of nitrogens with one attached hydrogen (secondary N) is 1. The van der Waals surface area contributed by atoms with Crippen molar-refractivity contribution in [3.8, 4) is 17.6 Å². The van der Waals surface area contributed by atoms with Crippen LogP contribution >= 0.6 is 0 Å². The molecule has 1 unspecified atom stereocenters. The molecule has 3 fully saturated rings. The van der Waals surface area contributed by atoms with E-state index in [0.717, 1.165) is 87.9 Å². The van der Waals surface area contributed by atoms with Gasteiger partial charge in [0.1, 0.15) is 11.5 Å². The normalized spacial score (nSPS) is 20.6. The lowest BCUT2D eigenvalue weighted by atomic mass is 9.80. The molecule has 1 N–H and O–H groups in total. The number of rotatable bonds is 14. The zero-order valence-electron chi connectivity index (χ0n) is 33.1. The highest BCUT2D eigenvalue weighted by atomic mass is 19.4. The summed E-state index contributed by atoms with van der Waals surface area (Å²) in [5.41, 5.74) is 3.04. The van der Waals surface area contributed by atoms with E-state index in [-0.39, 0.29) is 35.9 Å². The van der Waals surface area contributed by atoms with E-state index in [2.05, 4.69) is 33.3 Å². The van der Waals surface area contributed by atoms with Crippen LogP contribution in [0.1, 0.15) is 90.4 Å². The number of carbonyl (C=O) groups excluding carboxylic acids is 3. The molecule has 2 saturated heterocycles. The molecule has 14 heteroatoms. The first-order valence-corrected chi connectivity index (χ1v) is 20.3. The maximum atomic E-state index is 13.5. The first kappa shape index (κ1) is 40.9. The van der Waals surface area contributed by atoms with Crippen molar-refractivity contribution in [2.45, 2.75) is 82.7 Å². The second-order valence-electron chi connectivity index (χ2n) is 16.1. The molecule has 4 aliphatic rings. The van der Waals surface area contributed by atoms with Crippen LogP contribution < -0.4 is 24.6 Å². The van der Waals surface area contributed by atoms with Crippen molar-refractivity contribution in [2.24, 2.45) is 5.92 Å². The molecule has 0 aromatic heterocycles. The van der Waals surface area contributed by atoms with Crippen molar-refractivity contribution in [1.29, 1.82) is 5.26 Å². The van der Waals surface area contributed by atoms with Crippen molar-refractivity contribution in [3.63, 3.8) is 0 Å². The van der Waals surface area contributed by atoms with Gasteiger partial charge in [-0.3, -0.25) is 24.6 Å². The summed E-state index contributed by atoms with van der Waals surface area (Å²) in [4.78, 5) is 44.3. The van der Waals surface area contributed by atoms with Crippen molar-refractivity contribution in [3.05, 3.63) is 82.4 Å². The molecule has 0 bridgehead atoms. The highest BCUT2D eigenvalue weighted by Gasteiger charge is 2.37. The Morgan fingerprint density at radius 1 is 0.983 bits per heavy atom. The summed E-state index contributed by atoms with van der Waals surface area (Å²) in [5, 5.41) is 11.3. The third-order valence-corrected chi connectivity index (χ3v) is 12.5. The van der Waals surface area contributed by atoms with Gasteiger partial charge in [-0.25, -0.2) is 0 Å². The van der Waals surface area contributed by atoms with Crippen LogP contribution in [0.4, 0.5) is 24.5 Å². The molecule has 308 valence electrons. The molecule has 58 heavy (non-hydrogen) atoms. The molecule has 1 aliphatic carbocycles. The maximum Gasteiger partial charge on any atom is 0.417 e. The summed E-state index contributed by atoms with van der Waals surface area (Å²) in [6, 6.07) is 17.8. The molecular formula is C44H51F3N6O5. The van der Waals surface area contributed by atoms with Gasteiger partial charge in [0.2, 0.25) is 12.3 Å². The number of imide groups is 1. The molecule has 0 spiro atoms. The van der Waals surface area contributed by atoms with E-state index in [9.17, 15) is 27.6 Å². The van der Waals surface area contributed by atoms with E-state index in [1.54, 1.807) is 24.1 Å². The number of anilines is 2. The highest BCUT2D eigenvalue weighted by molar-refractivity contribution is 6.02. The summed E-state index contributed by atoms with van der Waals surface area (Å²) in [6.07, 6.45) is 1.53. The van der Waals surface area contributed by atoms with Crippen molar-refractivity contribution < 1.29 is 37.0 Å². The van der Waals surface area contributed by atoms with Crippen molar-refractivity contribution in [2.75, 3.05) is 62.7 Å². The van der Waals surface area contributed by atoms with E-state index in [0.29, 0.717) is 61.3 Å². The number of methoxy groups -OCH3 is 1. The van der Waals surface area contributed by atoms with Gasteiger partial charge in [0.25, 0.3) is 5.91 Å². The van der Waals surface area contributed by atoms with Gasteiger partial charge in [0, 0.05) is 75.7 Å². The van der Waals surface area contributed by atoms with Crippen molar-refractivity contribution in [1.82, 2.24) is 15.1 Å². The van der Waals surface area contributed by atoms with Crippen LogP contribution in [0.25, 0.3) is 0 Å². The Bertz CT molecular complexity index is 2000. The number of fused-ring (bicyclic) bond motifs is 1. The quantitative estimate of drug-likeness (QED) is 0.177. The Labute approximate surface area is 337 Å². The van der Waals surface area contributed by atoms with Crippen LogP contribution in [-0.4, -0.2) is 93.1 Å². The summed E-state index contributed by atoms with van der Waals surface area (Å²) < 4.78 is 52.5. The highest BCUT2D eigenvalue weighted by Crippen LogP contribution is 2.39. The Balaban J connectivity index is 0.814. The van der Waals surface area contributed by atoms with Gasteiger partial charge in [-0.15, -0.1) is 0 Å². The third kappa shape index (κ3) is 9.20. The number of benzene rings is 3. The van der Waals surface area contributed by atoms with Gasteiger partial charge in [-0.2, -0.15) is 18.4 Å². The summed E-state index contributed by atoms with van der Waals surface area (Å²) in [7, 11) is 1.59. The lowest BCUT2D eigenvalue weighted by Crippen LogP contribution is -2.47. The molecule has 3 aromatic carbocycles. The van der Waals surface area contributed by atoms with E-state index < -0.39 is 11.7 Å². The average molecular weight is 801 g/mol. The predicted octanol–water partition coefficient (Wildman–Crippen LogP) is 6.74. The van der Waals surface area contributed by atoms with Crippen LogP contribution in [0.2, 0.25) is 0 Å². The summed E-state index contributed by atoms with van der Waals surface area (Å²) in [5.74, 6) is 1.95. The number of hydrogen-bond donors (Lipinski definition) is 1. The minimum absolute atomic E-state index is 0.0993. The third-order valence-electron chi connectivity index (χ3n) is 12.5.